The van der Waals surface area contributed by atoms with Crippen LogP contribution in [0.2, 0.25) is 16.6 Å². The van der Waals surface area contributed by atoms with Gasteiger partial charge in [-0.25, -0.2) is 0 Å². The maximum Gasteiger partial charge on any atom is 0.200 e. The summed E-state index contributed by atoms with van der Waals surface area (Å²) < 4.78 is 11.8. The Morgan fingerprint density at radius 1 is 1.05 bits per heavy atom. The fourth-order valence-electron chi connectivity index (χ4n) is 3.51. The lowest BCUT2D eigenvalue weighted by Gasteiger charge is -2.43. The smallest absolute Gasteiger partial charge is 0.200 e. The molecule has 0 aromatic carbocycles. The van der Waals surface area contributed by atoms with Crippen LogP contribution >= 0.6 is 0 Å². The van der Waals surface area contributed by atoms with Crippen LogP contribution in [0.1, 0.15) is 41.5 Å². The lowest BCUT2D eigenvalue weighted by Crippen LogP contribution is -2.51. The van der Waals surface area contributed by atoms with E-state index in [1.54, 1.807) is 0 Å². The van der Waals surface area contributed by atoms with Crippen LogP contribution < -0.4 is 0 Å². The Balaban J connectivity index is 2.79. The van der Waals surface area contributed by atoms with Crippen molar-refractivity contribution in [3.63, 3.8) is 0 Å². The first-order valence-electron chi connectivity index (χ1n) is 7.55. The summed E-state index contributed by atoms with van der Waals surface area (Å²) in [6, 6.07) is 0. The maximum absolute atomic E-state index is 9.96. The summed E-state index contributed by atoms with van der Waals surface area (Å²) in [6.07, 6.45) is 0.635. The lowest BCUT2D eigenvalue weighted by molar-refractivity contribution is -0.0792. The highest BCUT2D eigenvalue weighted by Gasteiger charge is 2.46. The topological polar surface area (TPSA) is 58.9 Å². The average molecular weight is 302 g/mol. The molecule has 0 saturated carbocycles. The molecule has 5 heteroatoms. The van der Waals surface area contributed by atoms with Gasteiger partial charge in [-0.05, 0) is 22.7 Å². The number of aliphatic hydroxyl groups is 2. The molecule has 0 spiro atoms. The third kappa shape index (κ3) is 3.45. The molecular weight excluding hydrogens is 272 g/mol. The van der Waals surface area contributed by atoms with Gasteiger partial charge < -0.3 is 19.4 Å². The molecule has 4 nitrogen and oxygen atoms in total. The lowest BCUT2D eigenvalue weighted by atomic mass is 10.1. The summed E-state index contributed by atoms with van der Waals surface area (Å²) in [5, 5.41) is 19.6. The minimum atomic E-state index is -1.96. The molecule has 0 aliphatic carbocycles. The molecule has 3 atom stereocenters. The second kappa shape index (κ2) is 7.07. The standard InChI is InChI=1S/C15H30O4Si/c1-10(2)20(11(3)4,12(5)6)19-9-14-15(17)13(16)7-8-18-14/h7-8,10-17H,9H2,1-6H3/t13-,14?,15+/m1/s1. The molecule has 2 N–H and O–H groups in total. The Morgan fingerprint density at radius 2 is 1.55 bits per heavy atom. The van der Waals surface area contributed by atoms with Crippen molar-refractivity contribution in [2.75, 3.05) is 6.61 Å². The van der Waals surface area contributed by atoms with E-state index in [0.29, 0.717) is 23.2 Å². The molecule has 1 rings (SSSR count). The van der Waals surface area contributed by atoms with Crippen LogP contribution in [0.15, 0.2) is 12.3 Å². The molecule has 1 unspecified atom stereocenters. The molecule has 1 heterocycles. The minimum Gasteiger partial charge on any atom is -0.493 e. The molecule has 0 amide bonds. The molecular formula is C15H30O4Si. The molecule has 118 valence electrons. The van der Waals surface area contributed by atoms with Gasteiger partial charge in [-0.2, -0.15) is 0 Å². The highest BCUT2D eigenvalue weighted by atomic mass is 28.4. The van der Waals surface area contributed by atoms with E-state index in [1.165, 1.54) is 12.3 Å². The molecule has 0 fully saturated rings. The number of ether oxygens (including phenoxy) is 1. The first kappa shape index (κ1) is 17.7. The summed E-state index contributed by atoms with van der Waals surface area (Å²) in [6.45, 7) is 13.7. The Labute approximate surface area is 123 Å². The van der Waals surface area contributed by atoms with Gasteiger partial charge in [0, 0.05) is 0 Å². The Morgan fingerprint density at radius 3 is 2.00 bits per heavy atom. The van der Waals surface area contributed by atoms with Crippen molar-refractivity contribution < 1.29 is 19.4 Å². The number of aliphatic hydroxyl groups excluding tert-OH is 2. The van der Waals surface area contributed by atoms with E-state index < -0.39 is 26.6 Å². The fourth-order valence-corrected chi connectivity index (χ4v) is 8.96. The molecule has 20 heavy (non-hydrogen) atoms. The highest BCUT2D eigenvalue weighted by Crippen LogP contribution is 2.42. The van der Waals surface area contributed by atoms with Crippen molar-refractivity contribution in [3.05, 3.63) is 12.3 Å². The third-order valence-electron chi connectivity index (χ3n) is 4.46. The summed E-state index contributed by atoms with van der Waals surface area (Å²) in [4.78, 5) is 0. The first-order valence-corrected chi connectivity index (χ1v) is 9.69. The van der Waals surface area contributed by atoms with Crippen molar-refractivity contribution in [2.45, 2.75) is 76.5 Å². The summed E-state index contributed by atoms with van der Waals surface area (Å²) >= 11 is 0. The van der Waals surface area contributed by atoms with Crippen LogP contribution in [-0.2, 0) is 9.16 Å². The zero-order valence-corrected chi connectivity index (χ0v) is 14.5. The van der Waals surface area contributed by atoms with E-state index in [1.807, 2.05) is 0 Å². The van der Waals surface area contributed by atoms with Crippen molar-refractivity contribution in [1.29, 1.82) is 0 Å². The SMILES string of the molecule is CC(C)[Si](OCC1OC=C[C@@H](O)[C@@H]1O)(C(C)C)C(C)C. The number of hydrogen-bond donors (Lipinski definition) is 2. The predicted octanol–water partition coefficient (Wildman–Crippen LogP) is 2.81. The maximum atomic E-state index is 9.96. The molecule has 1 aliphatic heterocycles. The van der Waals surface area contributed by atoms with Gasteiger partial charge in [-0.3, -0.25) is 0 Å². The van der Waals surface area contributed by atoms with Crippen LogP contribution in [0.25, 0.3) is 0 Å². The zero-order chi connectivity index (χ0) is 15.5. The second-order valence-corrected chi connectivity index (χ2v) is 12.1. The van der Waals surface area contributed by atoms with Gasteiger partial charge in [0.1, 0.15) is 18.3 Å². The largest absolute Gasteiger partial charge is 0.493 e. The Kier molecular flexibility index (Phi) is 6.25. The normalized spacial score (nSPS) is 27.4. The van der Waals surface area contributed by atoms with Crippen molar-refractivity contribution in [2.24, 2.45) is 0 Å². The van der Waals surface area contributed by atoms with E-state index in [-0.39, 0.29) is 0 Å². The van der Waals surface area contributed by atoms with E-state index in [9.17, 15) is 10.2 Å². The van der Waals surface area contributed by atoms with Crippen LogP contribution in [0, 0.1) is 0 Å². The van der Waals surface area contributed by atoms with Crippen LogP contribution in [0.5, 0.6) is 0 Å². The van der Waals surface area contributed by atoms with Crippen LogP contribution in [0.3, 0.4) is 0 Å². The second-order valence-electron chi connectivity index (χ2n) is 6.61. The predicted molar refractivity (Wildman–Crippen MR) is 83.0 cm³/mol. The van der Waals surface area contributed by atoms with E-state index >= 15 is 0 Å². The monoisotopic (exact) mass is 302 g/mol. The van der Waals surface area contributed by atoms with Gasteiger partial charge in [0.25, 0.3) is 0 Å². The Hall–Kier alpha value is -0.363. The van der Waals surface area contributed by atoms with E-state index in [2.05, 4.69) is 41.5 Å². The molecule has 0 radical (unpaired) electrons. The minimum absolute atomic E-state index is 0.337. The zero-order valence-electron chi connectivity index (χ0n) is 13.5. The third-order valence-corrected chi connectivity index (χ3v) is 10.5. The Bertz CT molecular complexity index is 306. The highest BCUT2D eigenvalue weighted by molar-refractivity contribution is 6.77. The van der Waals surface area contributed by atoms with Gasteiger partial charge >= 0.3 is 0 Å². The van der Waals surface area contributed by atoms with Crippen molar-refractivity contribution >= 4 is 8.32 Å². The molecule has 0 aromatic rings. The van der Waals surface area contributed by atoms with Gasteiger partial charge in [0.05, 0.1) is 12.9 Å². The van der Waals surface area contributed by atoms with E-state index in [4.69, 9.17) is 9.16 Å². The molecule has 0 saturated heterocycles. The van der Waals surface area contributed by atoms with Crippen molar-refractivity contribution in [3.8, 4) is 0 Å². The van der Waals surface area contributed by atoms with Gasteiger partial charge in [-0.15, -0.1) is 0 Å². The number of rotatable bonds is 6. The molecule has 1 aliphatic rings. The van der Waals surface area contributed by atoms with Gasteiger partial charge in [0.2, 0.25) is 8.32 Å². The average Bonchev–Trinajstić information content (AvgIpc) is 2.33. The van der Waals surface area contributed by atoms with Gasteiger partial charge in [0.15, 0.2) is 0 Å². The summed E-state index contributed by atoms with van der Waals surface area (Å²) in [7, 11) is -1.96. The van der Waals surface area contributed by atoms with Crippen LogP contribution in [0.4, 0.5) is 0 Å². The van der Waals surface area contributed by atoms with Crippen molar-refractivity contribution in [1.82, 2.24) is 0 Å². The molecule has 0 aromatic heterocycles. The van der Waals surface area contributed by atoms with Crippen LogP contribution in [-0.4, -0.2) is 43.4 Å². The van der Waals surface area contributed by atoms with E-state index in [0.717, 1.165) is 0 Å². The fraction of sp³-hybridized carbons (Fsp3) is 0.867. The summed E-state index contributed by atoms with van der Waals surface area (Å²) in [5.41, 5.74) is 1.47. The summed E-state index contributed by atoms with van der Waals surface area (Å²) in [5.74, 6) is 0. The first-order chi connectivity index (χ1) is 9.23. The molecule has 0 bridgehead atoms. The quantitative estimate of drug-likeness (QED) is 0.741. The van der Waals surface area contributed by atoms with Gasteiger partial charge in [-0.1, -0.05) is 41.5 Å². The number of hydrogen-bond acceptors (Lipinski definition) is 4.